The van der Waals surface area contributed by atoms with E-state index in [9.17, 15) is 9.59 Å². The Morgan fingerprint density at radius 1 is 1.42 bits per heavy atom. The molecule has 0 aliphatic heterocycles. The minimum absolute atomic E-state index is 0.0816. The molecule has 0 aromatic carbocycles. The monoisotopic (exact) mass is 268 g/mol. The average Bonchev–Trinajstić information content (AvgIpc) is 2.86. The predicted octanol–water partition coefficient (Wildman–Crippen LogP) is 0.779. The lowest BCUT2D eigenvalue weighted by atomic mass is 10.3. The summed E-state index contributed by atoms with van der Waals surface area (Å²) in [5.41, 5.74) is 0. The number of hydrogen-bond donors (Lipinski definition) is 2. The molecular formula is C12H20N4O3. The molecule has 0 aliphatic rings. The van der Waals surface area contributed by atoms with Crippen molar-refractivity contribution in [3.63, 3.8) is 0 Å². The van der Waals surface area contributed by atoms with Crippen LogP contribution in [0.5, 0.6) is 0 Å². The summed E-state index contributed by atoms with van der Waals surface area (Å²) >= 11 is 0. The zero-order chi connectivity index (χ0) is 14.1. The Balaban J connectivity index is 2.07. The SMILES string of the molecule is CN(CCCC(=O)O)C(=O)NCCCn1ccnc1. The van der Waals surface area contributed by atoms with Gasteiger partial charge in [-0.2, -0.15) is 0 Å². The Kier molecular flexibility index (Phi) is 6.42. The van der Waals surface area contributed by atoms with Crippen LogP contribution in [0.25, 0.3) is 0 Å². The van der Waals surface area contributed by atoms with Crippen LogP contribution in [0.1, 0.15) is 19.3 Å². The molecule has 1 aromatic heterocycles. The van der Waals surface area contributed by atoms with E-state index >= 15 is 0 Å². The van der Waals surface area contributed by atoms with Crippen molar-refractivity contribution in [2.75, 3.05) is 20.1 Å². The number of urea groups is 1. The molecule has 7 heteroatoms. The number of carboxylic acid groups (broad SMARTS) is 1. The lowest BCUT2D eigenvalue weighted by Gasteiger charge is -2.17. The van der Waals surface area contributed by atoms with Gasteiger partial charge in [-0.3, -0.25) is 4.79 Å². The normalized spacial score (nSPS) is 10.2. The Morgan fingerprint density at radius 2 is 2.21 bits per heavy atom. The van der Waals surface area contributed by atoms with Crippen molar-refractivity contribution in [1.82, 2.24) is 19.8 Å². The number of amides is 2. The molecule has 0 saturated heterocycles. The number of hydrogen-bond acceptors (Lipinski definition) is 3. The standard InChI is InChI=1S/C12H20N4O3/c1-15(7-2-4-11(17)18)12(19)14-5-3-8-16-9-6-13-10-16/h6,9-10H,2-5,7-8H2,1H3,(H,14,19)(H,17,18). The predicted molar refractivity (Wildman–Crippen MR) is 69.7 cm³/mol. The highest BCUT2D eigenvalue weighted by Crippen LogP contribution is 1.94. The number of carboxylic acids is 1. The Labute approximate surface area is 112 Å². The number of rotatable bonds is 8. The minimum Gasteiger partial charge on any atom is -0.481 e. The summed E-state index contributed by atoms with van der Waals surface area (Å²) in [4.78, 5) is 27.4. The number of imidazole rings is 1. The maximum atomic E-state index is 11.6. The van der Waals surface area contributed by atoms with E-state index in [-0.39, 0.29) is 12.5 Å². The quantitative estimate of drug-likeness (QED) is 0.682. The van der Waals surface area contributed by atoms with Crippen molar-refractivity contribution in [3.05, 3.63) is 18.7 Å². The molecule has 2 N–H and O–H groups in total. The number of aromatic nitrogens is 2. The first-order chi connectivity index (χ1) is 9.09. The maximum Gasteiger partial charge on any atom is 0.317 e. The fraction of sp³-hybridized carbons (Fsp3) is 0.583. The molecule has 7 nitrogen and oxygen atoms in total. The van der Waals surface area contributed by atoms with Gasteiger partial charge in [0.2, 0.25) is 0 Å². The van der Waals surface area contributed by atoms with Crippen LogP contribution in [0, 0.1) is 0 Å². The van der Waals surface area contributed by atoms with Gasteiger partial charge in [-0.05, 0) is 12.8 Å². The molecule has 1 heterocycles. The van der Waals surface area contributed by atoms with Crippen LogP contribution in [-0.4, -0.2) is 51.7 Å². The lowest BCUT2D eigenvalue weighted by Crippen LogP contribution is -2.38. The third-order valence-corrected chi connectivity index (χ3v) is 2.66. The number of nitrogens with zero attached hydrogens (tertiary/aromatic N) is 3. The highest BCUT2D eigenvalue weighted by atomic mass is 16.4. The van der Waals surface area contributed by atoms with Crippen LogP contribution in [0.4, 0.5) is 4.79 Å². The van der Waals surface area contributed by atoms with E-state index < -0.39 is 5.97 Å². The molecular weight excluding hydrogens is 248 g/mol. The number of nitrogens with one attached hydrogen (secondary N) is 1. The largest absolute Gasteiger partial charge is 0.481 e. The summed E-state index contributed by atoms with van der Waals surface area (Å²) < 4.78 is 1.95. The summed E-state index contributed by atoms with van der Waals surface area (Å²) in [6, 6.07) is -0.170. The molecule has 0 saturated carbocycles. The second-order valence-electron chi connectivity index (χ2n) is 4.30. The second-order valence-corrected chi connectivity index (χ2v) is 4.30. The maximum absolute atomic E-state index is 11.6. The fourth-order valence-electron chi connectivity index (χ4n) is 1.58. The molecule has 19 heavy (non-hydrogen) atoms. The molecule has 0 radical (unpaired) electrons. The van der Waals surface area contributed by atoms with Gasteiger partial charge in [0.05, 0.1) is 6.33 Å². The smallest absolute Gasteiger partial charge is 0.317 e. The van der Waals surface area contributed by atoms with E-state index in [1.54, 1.807) is 19.6 Å². The van der Waals surface area contributed by atoms with Crippen molar-refractivity contribution < 1.29 is 14.7 Å². The third-order valence-electron chi connectivity index (χ3n) is 2.66. The first-order valence-electron chi connectivity index (χ1n) is 6.26. The van der Waals surface area contributed by atoms with Gasteiger partial charge in [0.25, 0.3) is 0 Å². The van der Waals surface area contributed by atoms with E-state index in [2.05, 4.69) is 10.3 Å². The Morgan fingerprint density at radius 3 is 2.84 bits per heavy atom. The van der Waals surface area contributed by atoms with Crippen LogP contribution in [0.2, 0.25) is 0 Å². The topological polar surface area (TPSA) is 87.5 Å². The van der Waals surface area contributed by atoms with Crippen molar-refractivity contribution in [1.29, 1.82) is 0 Å². The third kappa shape index (κ3) is 6.44. The molecule has 1 aromatic rings. The molecule has 2 amide bonds. The summed E-state index contributed by atoms with van der Waals surface area (Å²) in [6.07, 6.45) is 6.70. The van der Waals surface area contributed by atoms with E-state index in [4.69, 9.17) is 5.11 Å². The summed E-state index contributed by atoms with van der Waals surface area (Å²) in [6.45, 7) is 1.84. The fourth-order valence-corrected chi connectivity index (χ4v) is 1.58. The van der Waals surface area contributed by atoms with Crippen LogP contribution in [0.15, 0.2) is 18.7 Å². The van der Waals surface area contributed by atoms with Crippen LogP contribution in [0.3, 0.4) is 0 Å². The van der Waals surface area contributed by atoms with Crippen molar-refractivity contribution in [2.24, 2.45) is 0 Å². The lowest BCUT2D eigenvalue weighted by molar-refractivity contribution is -0.137. The van der Waals surface area contributed by atoms with Gasteiger partial charge in [0, 0.05) is 45.5 Å². The van der Waals surface area contributed by atoms with Crippen molar-refractivity contribution >= 4 is 12.0 Å². The first-order valence-corrected chi connectivity index (χ1v) is 6.26. The molecule has 0 unspecified atom stereocenters. The van der Waals surface area contributed by atoms with Gasteiger partial charge in [0.15, 0.2) is 0 Å². The molecule has 0 spiro atoms. The molecule has 0 bridgehead atoms. The van der Waals surface area contributed by atoms with Gasteiger partial charge in [0.1, 0.15) is 0 Å². The van der Waals surface area contributed by atoms with Crippen molar-refractivity contribution in [3.8, 4) is 0 Å². The number of carbonyl (C=O) groups excluding carboxylic acids is 1. The average molecular weight is 268 g/mol. The van der Waals surface area contributed by atoms with Crippen molar-refractivity contribution in [2.45, 2.75) is 25.8 Å². The van der Waals surface area contributed by atoms with Gasteiger partial charge in [-0.25, -0.2) is 9.78 Å². The van der Waals surface area contributed by atoms with Crippen LogP contribution in [-0.2, 0) is 11.3 Å². The number of aryl methyl sites for hydroxylation is 1. The van der Waals surface area contributed by atoms with Crippen LogP contribution >= 0.6 is 0 Å². The molecule has 0 fully saturated rings. The second kappa shape index (κ2) is 8.12. The summed E-state index contributed by atoms with van der Waals surface area (Å²) in [7, 11) is 1.66. The molecule has 0 atom stereocenters. The zero-order valence-corrected chi connectivity index (χ0v) is 11.1. The number of carbonyl (C=O) groups is 2. The minimum atomic E-state index is -0.839. The van der Waals surface area contributed by atoms with Crippen LogP contribution < -0.4 is 5.32 Å². The molecule has 1 rings (SSSR count). The Bertz CT molecular complexity index is 392. The van der Waals surface area contributed by atoms with E-state index in [0.29, 0.717) is 19.5 Å². The van der Waals surface area contributed by atoms with Gasteiger partial charge in [-0.1, -0.05) is 0 Å². The highest BCUT2D eigenvalue weighted by molar-refractivity contribution is 5.73. The van der Waals surface area contributed by atoms with Gasteiger partial charge < -0.3 is 19.9 Å². The molecule has 106 valence electrons. The van der Waals surface area contributed by atoms with E-state index in [1.807, 2.05) is 10.8 Å². The van der Waals surface area contributed by atoms with E-state index in [0.717, 1.165) is 13.0 Å². The van der Waals surface area contributed by atoms with Gasteiger partial charge in [-0.15, -0.1) is 0 Å². The van der Waals surface area contributed by atoms with Gasteiger partial charge >= 0.3 is 12.0 Å². The highest BCUT2D eigenvalue weighted by Gasteiger charge is 2.07. The van der Waals surface area contributed by atoms with E-state index in [1.165, 1.54) is 4.90 Å². The number of aliphatic carboxylic acids is 1. The summed E-state index contributed by atoms with van der Waals surface area (Å²) in [5, 5.41) is 11.3. The molecule has 0 aliphatic carbocycles. The zero-order valence-electron chi connectivity index (χ0n) is 11.1. The first kappa shape index (κ1) is 15.0. The summed E-state index contributed by atoms with van der Waals surface area (Å²) in [5.74, 6) is -0.839. The Hall–Kier alpha value is -2.05.